The van der Waals surface area contributed by atoms with Gasteiger partial charge in [0.25, 0.3) is 0 Å². The molecule has 0 aliphatic heterocycles. The van der Waals surface area contributed by atoms with Gasteiger partial charge in [0, 0.05) is 56.7 Å². The molecule has 11 heteroatoms. The lowest BCUT2D eigenvalue weighted by Gasteiger charge is -2.30. The summed E-state index contributed by atoms with van der Waals surface area (Å²) in [6.07, 6.45) is 0. The molecule has 10 rings (SSSR count). The third kappa shape index (κ3) is 5.52. The number of hydrogen-bond acceptors (Lipinski definition) is 5. The minimum absolute atomic E-state index is 0.554. The number of rotatable bonds is 6. The molecule has 0 fully saturated rings. The summed E-state index contributed by atoms with van der Waals surface area (Å²) in [5, 5.41) is 4.27. The van der Waals surface area contributed by atoms with Crippen LogP contribution in [0.15, 0.2) is 144 Å². The summed E-state index contributed by atoms with van der Waals surface area (Å²) in [7, 11) is 13.4. The summed E-state index contributed by atoms with van der Waals surface area (Å²) < 4.78 is 8.47. The zero-order chi connectivity index (χ0) is 38.9. The minimum Gasteiger partial charge on any atom is -0.456 e. The standard InChI is InChI=1S/C46H36B5N5O/c1-55(43-41(50)39(48)38(47)40(49)42(43)51)32-18-8-5-14-27(32)26-22-23-34-31(24-26)28-15-6-9-19-33(28)56(34)46-53-44(25-12-3-2-4-13-25)52-45(54-46)30-17-11-21-36-37(30)29-16-7-10-20-35(29)57-36/h2-24H,47-51H2,1H3. The Bertz CT molecular complexity index is 3200. The molecule has 0 amide bonds. The van der Waals surface area contributed by atoms with Crippen LogP contribution < -0.4 is 32.2 Å². The molecular weight excluding hydrogens is 693 g/mol. The molecule has 0 radical (unpaired) electrons. The van der Waals surface area contributed by atoms with Crippen LogP contribution in [0.3, 0.4) is 0 Å². The molecule has 0 spiro atoms. The van der Waals surface area contributed by atoms with Gasteiger partial charge in [-0.05, 0) is 42.0 Å². The number of para-hydroxylation sites is 3. The largest absolute Gasteiger partial charge is 0.456 e. The maximum atomic E-state index is 6.29. The van der Waals surface area contributed by atoms with Crippen molar-refractivity contribution in [2.75, 3.05) is 11.9 Å². The average Bonchev–Trinajstić information content (AvgIpc) is 3.81. The van der Waals surface area contributed by atoms with Crippen LogP contribution in [-0.2, 0) is 0 Å². The summed E-state index contributed by atoms with van der Waals surface area (Å²) >= 11 is 0. The molecule has 0 saturated carbocycles. The van der Waals surface area contributed by atoms with Gasteiger partial charge in [0.05, 0.1) is 11.0 Å². The monoisotopic (exact) mass is 729 g/mol. The number of fused-ring (bicyclic) bond motifs is 6. The zero-order valence-corrected chi connectivity index (χ0v) is 32.9. The van der Waals surface area contributed by atoms with Gasteiger partial charge in [-0.2, -0.15) is 9.97 Å². The Morgan fingerprint density at radius 3 is 1.91 bits per heavy atom. The van der Waals surface area contributed by atoms with E-state index < -0.39 is 0 Å². The maximum absolute atomic E-state index is 6.29. The fourth-order valence-electron chi connectivity index (χ4n) is 8.73. The number of furan rings is 1. The highest BCUT2D eigenvalue weighted by Gasteiger charge is 2.22. The quantitative estimate of drug-likeness (QED) is 0.247. The molecule has 57 heavy (non-hydrogen) atoms. The second-order valence-corrected chi connectivity index (χ2v) is 15.1. The van der Waals surface area contributed by atoms with Crippen molar-refractivity contribution < 1.29 is 4.42 Å². The first kappa shape index (κ1) is 34.7. The Morgan fingerprint density at radius 2 is 1.11 bits per heavy atom. The van der Waals surface area contributed by atoms with Crippen LogP contribution in [-0.4, -0.2) is 65.8 Å². The van der Waals surface area contributed by atoms with Crippen LogP contribution in [0.25, 0.3) is 83.6 Å². The van der Waals surface area contributed by atoms with Crippen LogP contribution in [0.5, 0.6) is 0 Å². The van der Waals surface area contributed by atoms with E-state index in [1.54, 1.807) is 0 Å². The average molecular weight is 729 g/mol. The van der Waals surface area contributed by atoms with E-state index in [-0.39, 0.29) is 0 Å². The second-order valence-electron chi connectivity index (χ2n) is 15.1. The maximum Gasteiger partial charge on any atom is 0.238 e. The van der Waals surface area contributed by atoms with Gasteiger partial charge >= 0.3 is 0 Å². The summed E-state index contributed by atoms with van der Waals surface area (Å²) in [5.74, 6) is 1.74. The Morgan fingerprint density at radius 1 is 0.491 bits per heavy atom. The predicted molar refractivity (Wildman–Crippen MR) is 253 cm³/mol. The van der Waals surface area contributed by atoms with Gasteiger partial charge in [0.1, 0.15) is 50.4 Å². The minimum atomic E-state index is 0.554. The Hall–Kier alpha value is -6.73. The summed E-state index contributed by atoms with van der Waals surface area (Å²) in [6, 6.07) is 48.4. The lowest BCUT2D eigenvalue weighted by Crippen LogP contribution is -2.56. The SMILES string of the molecule is Bc1c(B)c(B)c(N(C)c2ccccc2-c2ccc3c(c2)c2ccccc2n3-c2nc(-c3ccccc3)nc(-c3cccc4oc5ccccc5c34)n2)c(B)c1B. The van der Waals surface area contributed by atoms with Crippen LogP contribution >= 0.6 is 0 Å². The Labute approximate surface area is 335 Å². The van der Waals surface area contributed by atoms with E-state index in [4.69, 9.17) is 19.4 Å². The van der Waals surface area contributed by atoms with Crippen LogP contribution in [0, 0.1) is 0 Å². The van der Waals surface area contributed by atoms with Gasteiger partial charge < -0.3 is 9.32 Å². The van der Waals surface area contributed by atoms with Crippen molar-refractivity contribution in [3.05, 3.63) is 140 Å². The van der Waals surface area contributed by atoms with Crippen molar-refractivity contribution in [3.8, 4) is 39.9 Å². The molecule has 0 aliphatic rings. The molecule has 0 bridgehead atoms. The van der Waals surface area contributed by atoms with E-state index in [0.29, 0.717) is 17.6 Å². The smallest absolute Gasteiger partial charge is 0.238 e. The van der Waals surface area contributed by atoms with Gasteiger partial charge in [-0.3, -0.25) is 4.57 Å². The van der Waals surface area contributed by atoms with E-state index in [2.05, 4.69) is 135 Å². The molecule has 7 aromatic carbocycles. The van der Waals surface area contributed by atoms with Gasteiger partial charge in [0.15, 0.2) is 11.6 Å². The van der Waals surface area contributed by atoms with Crippen LogP contribution in [0.4, 0.5) is 11.4 Å². The number of aromatic nitrogens is 4. The molecule has 3 aromatic heterocycles. The Balaban J connectivity index is 1.18. The van der Waals surface area contributed by atoms with Gasteiger partial charge in [0.2, 0.25) is 5.95 Å². The molecule has 3 heterocycles. The molecular formula is C46H36B5N5O. The fourth-order valence-corrected chi connectivity index (χ4v) is 8.73. The van der Waals surface area contributed by atoms with Crippen LogP contribution in [0.1, 0.15) is 0 Å². The first-order chi connectivity index (χ1) is 27.8. The lowest BCUT2D eigenvalue weighted by molar-refractivity contribution is 0.669. The predicted octanol–water partition coefficient (Wildman–Crippen LogP) is 2.93. The fraction of sp³-hybridized carbons (Fsp3) is 0.0217. The highest BCUT2D eigenvalue weighted by atomic mass is 16.3. The van der Waals surface area contributed by atoms with Crippen LogP contribution in [0.2, 0.25) is 0 Å². The highest BCUT2D eigenvalue weighted by Crippen LogP contribution is 2.40. The molecule has 6 nitrogen and oxygen atoms in total. The summed E-state index contributed by atoms with van der Waals surface area (Å²) in [6.45, 7) is 0. The topological polar surface area (TPSA) is 60.0 Å². The van der Waals surface area contributed by atoms with Gasteiger partial charge in [-0.25, -0.2) is 4.98 Å². The molecule has 0 unspecified atom stereocenters. The molecule has 0 atom stereocenters. The third-order valence-corrected chi connectivity index (χ3v) is 12.0. The number of hydrogen-bond donors (Lipinski definition) is 0. The summed E-state index contributed by atoms with van der Waals surface area (Å²) in [4.78, 5) is 18.0. The molecule has 0 saturated heterocycles. The van der Waals surface area contributed by atoms with Gasteiger partial charge in [-0.15, -0.1) is 5.46 Å². The zero-order valence-electron chi connectivity index (χ0n) is 32.9. The number of nitrogens with zero attached hydrogens (tertiary/aromatic N) is 5. The van der Waals surface area contributed by atoms with Crippen molar-refractivity contribution >= 4 is 122 Å². The van der Waals surface area contributed by atoms with Crippen molar-refractivity contribution in [1.82, 2.24) is 19.5 Å². The normalized spacial score (nSPS) is 11.6. The van der Waals surface area contributed by atoms with E-state index in [1.165, 1.54) is 38.6 Å². The molecule has 0 aliphatic carbocycles. The molecule has 0 N–H and O–H groups in total. The first-order valence-corrected chi connectivity index (χ1v) is 19.4. The number of anilines is 2. The highest BCUT2D eigenvalue weighted by molar-refractivity contribution is 6.69. The lowest BCUT2D eigenvalue weighted by atomic mass is 9.61. The van der Waals surface area contributed by atoms with Crippen molar-refractivity contribution in [3.63, 3.8) is 0 Å². The number of benzene rings is 7. The third-order valence-electron chi connectivity index (χ3n) is 12.0. The Kier molecular flexibility index (Phi) is 8.22. The van der Waals surface area contributed by atoms with E-state index in [1.807, 2.05) is 60.7 Å². The van der Waals surface area contributed by atoms with E-state index >= 15 is 0 Å². The van der Waals surface area contributed by atoms with E-state index in [0.717, 1.165) is 66.1 Å². The van der Waals surface area contributed by atoms with Crippen molar-refractivity contribution in [2.45, 2.75) is 0 Å². The molecule has 266 valence electrons. The van der Waals surface area contributed by atoms with Crippen molar-refractivity contribution in [1.29, 1.82) is 0 Å². The second kappa shape index (κ2) is 13.5. The first-order valence-electron chi connectivity index (χ1n) is 19.4. The van der Waals surface area contributed by atoms with Crippen molar-refractivity contribution in [2.24, 2.45) is 0 Å². The van der Waals surface area contributed by atoms with E-state index in [9.17, 15) is 0 Å². The molecule has 10 aromatic rings. The summed E-state index contributed by atoms with van der Waals surface area (Å²) in [5.41, 5.74) is 16.9. The van der Waals surface area contributed by atoms with Gasteiger partial charge in [-0.1, -0.05) is 125 Å².